The third-order valence-electron chi connectivity index (χ3n) is 6.37. The monoisotopic (exact) mass is 406 g/mol. The number of anilines is 2. The van der Waals surface area contributed by atoms with Crippen LogP contribution in [0.25, 0.3) is 11.0 Å². The fraction of sp³-hybridized carbons (Fsp3) is 0.478. The molecule has 2 aliphatic heterocycles. The average Bonchev–Trinajstić information content (AvgIpc) is 3.23. The van der Waals surface area contributed by atoms with E-state index in [1.165, 1.54) is 30.5 Å². The Morgan fingerprint density at radius 1 is 0.933 bits per heavy atom. The second-order valence-corrected chi connectivity index (χ2v) is 8.22. The van der Waals surface area contributed by atoms with Crippen LogP contribution in [-0.4, -0.2) is 66.2 Å². The lowest BCUT2D eigenvalue weighted by Gasteiger charge is -2.36. The molecule has 0 spiro atoms. The van der Waals surface area contributed by atoms with Gasteiger partial charge in [0.15, 0.2) is 5.82 Å². The molecule has 0 radical (unpaired) electrons. The van der Waals surface area contributed by atoms with Gasteiger partial charge in [-0.2, -0.15) is 0 Å². The number of rotatable bonds is 5. The summed E-state index contributed by atoms with van der Waals surface area (Å²) in [6.45, 7) is 7.13. The number of H-pyrrole nitrogens is 1. The van der Waals surface area contributed by atoms with Crippen molar-refractivity contribution in [2.45, 2.75) is 25.8 Å². The van der Waals surface area contributed by atoms with Gasteiger partial charge in [-0.25, -0.2) is 9.97 Å². The van der Waals surface area contributed by atoms with Gasteiger partial charge in [0.1, 0.15) is 17.6 Å². The highest BCUT2D eigenvalue weighted by atomic mass is 16.5. The molecule has 0 saturated carbocycles. The first-order chi connectivity index (χ1) is 14.8. The van der Waals surface area contributed by atoms with Crippen molar-refractivity contribution in [2.75, 3.05) is 56.2 Å². The number of piperidine rings is 1. The number of methoxy groups -OCH3 is 1. The summed E-state index contributed by atoms with van der Waals surface area (Å²) in [5.74, 6) is 2.01. The molecule has 30 heavy (non-hydrogen) atoms. The number of benzene rings is 1. The zero-order valence-corrected chi connectivity index (χ0v) is 17.7. The Bertz CT molecular complexity index is 988. The molecular weight excluding hydrogens is 376 g/mol. The van der Waals surface area contributed by atoms with Gasteiger partial charge >= 0.3 is 0 Å². The standard InChI is InChI=1S/C23H30N6O/c1-30-20-8-4-3-7-19(20)28-13-11-27(12-14-28)16-18-15-24-22-21(18)25-17-26-23(22)29-9-5-2-6-10-29/h3-4,7-8,15,17,24H,2,5-6,9-14,16H2,1H3. The van der Waals surface area contributed by atoms with Crippen molar-refractivity contribution < 1.29 is 4.74 Å². The van der Waals surface area contributed by atoms with Crippen molar-refractivity contribution in [3.05, 3.63) is 42.4 Å². The summed E-state index contributed by atoms with van der Waals surface area (Å²) in [6.07, 6.45) is 7.66. The normalized spacial score (nSPS) is 18.2. The minimum atomic E-state index is 0.913. The maximum Gasteiger partial charge on any atom is 0.156 e. The Balaban J connectivity index is 1.28. The first-order valence-corrected chi connectivity index (χ1v) is 11.0. The van der Waals surface area contributed by atoms with Gasteiger partial charge < -0.3 is 19.5 Å². The number of hydrogen-bond donors (Lipinski definition) is 1. The number of fused-ring (bicyclic) bond motifs is 1. The van der Waals surface area contributed by atoms with Gasteiger partial charge in [0.2, 0.25) is 0 Å². The van der Waals surface area contributed by atoms with E-state index in [0.717, 1.165) is 68.4 Å². The van der Waals surface area contributed by atoms with Crippen LogP contribution in [0.3, 0.4) is 0 Å². The van der Waals surface area contributed by atoms with Crippen molar-refractivity contribution >= 4 is 22.5 Å². The minimum absolute atomic E-state index is 0.913. The van der Waals surface area contributed by atoms with E-state index in [9.17, 15) is 0 Å². The summed E-state index contributed by atoms with van der Waals surface area (Å²) in [4.78, 5) is 20.0. The molecule has 2 aromatic heterocycles. The van der Waals surface area contributed by atoms with Crippen molar-refractivity contribution in [1.82, 2.24) is 19.9 Å². The second-order valence-electron chi connectivity index (χ2n) is 8.22. The van der Waals surface area contributed by atoms with Crippen LogP contribution >= 0.6 is 0 Å². The highest BCUT2D eigenvalue weighted by molar-refractivity contribution is 5.88. The number of nitrogens with one attached hydrogen (secondary N) is 1. The number of nitrogens with zero attached hydrogens (tertiary/aromatic N) is 5. The Kier molecular flexibility index (Phi) is 5.45. The fourth-order valence-corrected chi connectivity index (χ4v) is 4.73. The van der Waals surface area contributed by atoms with Gasteiger partial charge in [0.05, 0.1) is 18.3 Å². The molecule has 0 atom stereocenters. The first kappa shape index (κ1) is 19.2. The minimum Gasteiger partial charge on any atom is -0.495 e. The molecule has 158 valence electrons. The van der Waals surface area contributed by atoms with Crippen LogP contribution in [0, 0.1) is 0 Å². The molecule has 3 aromatic rings. The lowest BCUT2D eigenvalue weighted by atomic mass is 10.1. The molecule has 2 aliphatic rings. The van der Waals surface area contributed by atoms with Crippen molar-refractivity contribution in [1.29, 1.82) is 0 Å². The summed E-state index contributed by atoms with van der Waals surface area (Å²) in [6, 6.07) is 8.28. The van der Waals surface area contributed by atoms with Crippen LogP contribution in [0.2, 0.25) is 0 Å². The molecule has 5 rings (SSSR count). The van der Waals surface area contributed by atoms with Crippen LogP contribution in [-0.2, 0) is 6.54 Å². The number of aromatic nitrogens is 3. The predicted molar refractivity (Wildman–Crippen MR) is 120 cm³/mol. The molecule has 0 aliphatic carbocycles. The molecule has 0 bridgehead atoms. The van der Waals surface area contributed by atoms with E-state index in [-0.39, 0.29) is 0 Å². The summed E-state index contributed by atoms with van der Waals surface area (Å²) >= 11 is 0. The van der Waals surface area contributed by atoms with E-state index >= 15 is 0 Å². The maximum absolute atomic E-state index is 5.54. The molecule has 2 fully saturated rings. The van der Waals surface area contributed by atoms with E-state index in [1.54, 1.807) is 13.4 Å². The third kappa shape index (κ3) is 3.69. The largest absolute Gasteiger partial charge is 0.495 e. The van der Waals surface area contributed by atoms with Crippen molar-refractivity contribution in [3.8, 4) is 5.75 Å². The van der Waals surface area contributed by atoms with Gasteiger partial charge in [-0.05, 0) is 31.4 Å². The predicted octanol–water partition coefficient (Wildman–Crippen LogP) is 3.28. The lowest BCUT2D eigenvalue weighted by molar-refractivity contribution is 0.250. The number of aromatic amines is 1. The molecule has 7 nitrogen and oxygen atoms in total. The van der Waals surface area contributed by atoms with E-state index in [2.05, 4.69) is 48.0 Å². The van der Waals surface area contributed by atoms with Gasteiger partial charge in [-0.15, -0.1) is 0 Å². The zero-order chi connectivity index (χ0) is 20.3. The van der Waals surface area contributed by atoms with Crippen LogP contribution in [0.5, 0.6) is 5.75 Å². The molecule has 4 heterocycles. The summed E-state index contributed by atoms with van der Waals surface area (Å²) in [5.41, 5.74) is 4.60. The number of piperazine rings is 1. The summed E-state index contributed by atoms with van der Waals surface area (Å²) in [5, 5.41) is 0. The van der Waals surface area contributed by atoms with Gasteiger partial charge in [-0.3, -0.25) is 4.90 Å². The Morgan fingerprint density at radius 3 is 2.53 bits per heavy atom. The van der Waals surface area contributed by atoms with E-state index in [0.29, 0.717) is 0 Å². The summed E-state index contributed by atoms with van der Waals surface area (Å²) < 4.78 is 5.54. The second kappa shape index (κ2) is 8.52. The summed E-state index contributed by atoms with van der Waals surface area (Å²) in [7, 11) is 1.74. The maximum atomic E-state index is 5.54. The molecule has 0 amide bonds. The van der Waals surface area contributed by atoms with Gasteiger partial charge in [0.25, 0.3) is 0 Å². The topological polar surface area (TPSA) is 60.5 Å². The van der Waals surface area contributed by atoms with Crippen LogP contribution in [0.4, 0.5) is 11.5 Å². The van der Waals surface area contributed by atoms with E-state index in [4.69, 9.17) is 4.74 Å². The SMILES string of the molecule is COc1ccccc1N1CCN(Cc2c[nH]c3c(N4CCCCC4)ncnc23)CC1. The molecular formula is C23H30N6O. The Morgan fingerprint density at radius 2 is 1.73 bits per heavy atom. The fourth-order valence-electron chi connectivity index (χ4n) is 4.73. The quantitative estimate of drug-likeness (QED) is 0.702. The van der Waals surface area contributed by atoms with Crippen LogP contribution in [0.15, 0.2) is 36.8 Å². The Hall–Kier alpha value is -2.80. The number of ether oxygens (including phenoxy) is 1. The molecule has 1 N–H and O–H groups in total. The van der Waals surface area contributed by atoms with Crippen LogP contribution in [0.1, 0.15) is 24.8 Å². The number of hydrogen-bond acceptors (Lipinski definition) is 6. The van der Waals surface area contributed by atoms with Crippen LogP contribution < -0.4 is 14.5 Å². The van der Waals surface area contributed by atoms with Crippen molar-refractivity contribution in [2.24, 2.45) is 0 Å². The highest BCUT2D eigenvalue weighted by Crippen LogP contribution is 2.30. The van der Waals surface area contributed by atoms with Gasteiger partial charge in [0, 0.05) is 57.6 Å². The Labute approximate surface area is 177 Å². The molecule has 7 heteroatoms. The molecule has 2 saturated heterocycles. The highest BCUT2D eigenvalue weighted by Gasteiger charge is 2.22. The van der Waals surface area contributed by atoms with Gasteiger partial charge in [-0.1, -0.05) is 12.1 Å². The third-order valence-corrected chi connectivity index (χ3v) is 6.37. The zero-order valence-electron chi connectivity index (χ0n) is 17.7. The van der Waals surface area contributed by atoms with Crippen molar-refractivity contribution in [3.63, 3.8) is 0 Å². The average molecular weight is 407 g/mol. The lowest BCUT2D eigenvalue weighted by Crippen LogP contribution is -2.46. The smallest absolute Gasteiger partial charge is 0.156 e. The van der Waals surface area contributed by atoms with E-state index < -0.39 is 0 Å². The number of para-hydroxylation sites is 2. The molecule has 0 unspecified atom stereocenters. The first-order valence-electron chi connectivity index (χ1n) is 11.0. The molecule has 1 aromatic carbocycles. The van der Waals surface area contributed by atoms with E-state index in [1.807, 2.05) is 12.1 Å².